The molecule has 0 radical (unpaired) electrons. The Kier molecular flexibility index (Phi) is 4.13. The summed E-state index contributed by atoms with van der Waals surface area (Å²) in [5, 5.41) is 2.74. The van der Waals surface area contributed by atoms with E-state index >= 15 is 0 Å². The molecule has 0 unspecified atom stereocenters. The average Bonchev–Trinajstić information content (AvgIpc) is 2.83. The lowest BCUT2D eigenvalue weighted by Crippen LogP contribution is -2.13. The highest BCUT2D eigenvalue weighted by atomic mass is 127. The Bertz CT molecular complexity index is 480. The number of anilines is 1. The second-order valence-electron chi connectivity index (χ2n) is 3.49. The first-order chi connectivity index (χ1) is 8.24. The first kappa shape index (κ1) is 12.1. The fourth-order valence-electron chi connectivity index (χ4n) is 1.35. The van der Waals surface area contributed by atoms with Gasteiger partial charge in [-0.25, -0.2) is 4.98 Å². The summed E-state index contributed by atoms with van der Waals surface area (Å²) in [6.07, 6.45) is 4.31. The van der Waals surface area contributed by atoms with Crippen molar-refractivity contribution in [2.24, 2.45) is 0 Å². The van der Waals surface area contributed by atoms with E-state index in [1.54, 1.807) is 18.5 Å². The van der Waals surface area contributed by atoms with E-state index in [4.69, 9.17) is 4.42 Å². The van der Waals surface area contributed by atoms with Crippen molar-refractivity contribution in [2.45, 2.75) is 12.8 Å². The minimum absolute atomic E-state index is 0.0601. The molecule has 88 valence electrons. The predicted molar refractivity (Wildman–Crippen MR) is 72.6 cm³/mol. The topological polar surface area (TPSA) is 55.1 Å². The van der Waals surface area contributed by atoms with Crippen LogP contribution >= 0.6 is 22.6 Å². The van der Waals surface area contributed by atoms with Gasteiger partial charge in [-0.05, 0) is 46.9 Å². The van der Waals surface area contributed by atoms with Crippen LogP contribution in [0.4, 0.5) is 5.82 Å². The largest absolute Gasteiger partial charge is 0.469 e. The van der Waals surface area contributed by atoms with Crippen LogP contribution in [-0.4, -0.2) is 10.9 Å². The maximum Gasteiger partial charge on any atom is 0.225 e. The number of amides is 1. The molecule has 0 aliphatic heterocycles. The number of furan rings is 1. The summed E-state index contributed by atoms with van der Waals surface area (Å²) in [6.45, 7) is 0. The van der Waals surface area contributed by atoms with Crippen LogP contribution in [-0.2, 0) is 11.2 Å². The lowest BCUT2D eigenvalue weighted by atomic mass is 10.2. The minimum atomic E-state index is -0.0601. The molecule has 2 rings (SSSR count). The smallest absolute Gasteiger partial charge is 0.225 e. The van der Waals surface area contributed by atoms with Crippen LogP contribution in [0, 0.1) is 3.57 Å². The Labute approximate surface area is 113 Å². The summed E-state index contributed by atoms with van der Waals surface area (Å²) in [5.41, 5.74) is 0. The highest BCUT2D eigenvalue weighted by Crippen LogP contribution is 2.08. The molecule has 0 fully saturated rings. The second-order valence-corrected chi connectivity index (χ2v) is 4.73. The van der Waals surface area contributed by atoms with Gasteiger partial charge in [0.2, 0.25) is 5.91 Å². The molecule has 1 N–H and O–H groups in total. The molecule has 0 spiro atoms. The van der Waals surface area contributed by atoms with Gasteiger partial charge in [-0.1, -0.05) is 0 Å². The van der Waals surface area contributed by atoms with Crippen LogP contribution in [0.15, 0.2) is 41.1 Å². The zero-order valence-corrected chi connectivity index (χ0v) is 11.2. The fourth-order valence-corrected chi connectivity index (χ4v) is 1.67. The van der Waals surface area contributed by atoms with Crippen molar-refractivity contribution < 1.29 is 9.21 Å². The average molecular weight is 342 g/mol. The van der Waals surface area contributed by atoms with Crippen molar-refractivity contribution >= 4 is 34.3 Å². The van der Waals surface area contributed by atoms with E-state index < -0.39 is 0 Å². The van der Waals surface area contributed by atoms with Gasteiger partial charge in [-0.15, -0.1) is 0 Å². The van der Waals surface area contributed by atoms with E-state index in [1.165, 1.54) is 0 Å². The maximum atomic E-state index is 11.6. The molecule has 17 heavy (non-hydrogen) atoms. The third-order valence-electron chi connectivity index (χ3n) is 2.17. The number of carbonyl (C=O) groups excluding carboxylic acids is 1. The van der Waals surface area contributed by atoms with E-state index in [0.717, 1.165) is 9.33 Å². The van der Waals surface area contributed by atoms with Gasteiger partial charge < -0.3 is 9.73 Å². The summed E-state index contributed by atoms with van der Waals surface area (Å²) in [7, 11) is 0. The number of nitrogens with one attached hydrogen (secondary N) is 1. The fraction of sp³-hybridized carbons (Fsp3) is 0.167. The monoisotopic (exact) mass is 342 g/mol. The van der Waals surface area contributed by atoms with Gasteiger partial charge in [0.05, 0.1) is 6.26 Å². The van der Waals surface area contributed by atoms with Crippen molar-refractivity contribution in [1.82, 2.24) is 4.98 Å². The third-order valence-corrected chi connectivity index (χ3v) is 2.81. The van der Waals surface area contributed by atoms with Crippen molar-refractivity contribution in [2.75, 3.05) is 5.32 Å². The second kappa shape index (κ2) is 5.81. The van der Waals surface area contributed by atoms with Crippen molar-refractivity contribution in [3.63, 3.8) is 0 Å². The molecule has 0 saturated carbocycles. The molecular formula is C12H11IN2O2. The lowest BCUT2D eigenvalue weighted by Gasteiger charge is -2.03. The number of aromatic nitrogens is 1. The SMILES string of the molecule is O=C(CCc1ccco1)Nc1ccc(I)cn1. The summed E-state index contributed by atoms with van der Waals surface area (Å²) >= 11 is 2.17. The summed E-state index contributed by atoms with van der Waals surface area (Å²) in [4.78, 5) is 15.7. The standard InChI is InChI=1S/C12H11IN2O2/c13-9-3-5-11(14-8-9)15-12(16)6-4-10-2-1-7-17-10/h1-3,5,7-8H,4,6H2,(H,14,15,16). The van der Waals surface area contributed by atoms with Crippen molar-refractivity contribution in [3.8, 4) is 0 Å². The van der Waals surface area contributed by atoms with E-state index in [-0.39, 0.29) is 5.91 Å². The van der Waals surface area contributed by atoms with Crippen LogP contribution in [0.5, 0.6) is 0 Å². The van der Waals surface area contributed by atoms with Crippen LogP contribution in [0.3, 0.4) is 0 Å². The van der Waals surface area contributed by atoms with E-state index in [1.807, 2.05) is 18.2 Å². The predicted octanol–water partition coefficient (Wildman–Crippen LogP) is 2.85. The van der Waals surface area contributed by atoms with Crippen molar-refractivity contribution in [1.29, 1.82) is 0 Å². The number of aryl methyl sites for hydroxylation is 1. The molecule has 0 saturated heterocycles. The van der Waals surface area contributed by atoms with Gasteiger partial charge in [-0.3, -0.25) is 4.79 Å². The lowest BCUT2D eigenvalue weighted by molar-refractivity contribution is -0.116. The highest BCUT2D eigenvalue weighted by Gasteiger charge is 2.05. The Morgan fingerprint density at radius 1 is 1.41 bits per heavy atom. The maximum absolute atomic E-state index is 11.6. The third kappa shape index (κ3) is 3.85. The zero-order valence-electron chi connectivity index (χ0n) is 9.02. The molecule has 0 bridgehead atoms. The van der Waals surface area contributed by atoms with E-state index in [9.17, 15) is 4.79 Å². The Morgan fingerprint density at radius 3 is 2.94 bits per heavy atom. The van der Waals surface area contributed by atoms with Gasteiger partial charge >= 0.3 is 0 Å². The summed E-state index contributed by atoms with van der Waals surface area (Å²) < 4.78 is 6.19. The molecule has 5 heteroatoms. The summed E-state index contributed by atoms with van der Waals surface area (Å²) in [5.74, 6) is 1.33. The Hall–Kier alpha value is -1.37. The molecular weight excluding hydrogens is 331 g/mol. The number of pyridine rings is 1. The molecule has 1 amide bonds. The van der Waals surface area contributed by atoms with Crippen LogP contribution in [0.1, 0.15) is 12.2 Å². The number of rotatable bonds is 4. The highest BCUT2D eigenvalue weighted by molar-refractivity contribution is 14.1. The van der Waals surface area contributed by atoms with E-state index in [0.29, 0.717) is 18.7 Å². The number of carbonyl (C=O) groups is 1. The van der Waals surface area contributed by atoms with Gasteiger partial charge in [-0.2, -0.15) is 0 Å². The number of hydrogen-bond donors (Lipinski definition) is 1. The van der Waals surface area contributed by atoms with E-state index in [2.05, 4.69) is 32.9 Å². The quantitative estimate of drug-likeness (QED) is 0.870. The number of hydrogen-bond acceptors (Lipinski definition) is 3. The molecule has 2 aromatic heterocycles. The van der Waals surface area contributed by atoms with Gasteiger partial charge in [0.1, 0.15) is 11.6 Å². The van der Waals surface area contributed by atoms with Gasteiger partial charge in [0.15, 0.2) is 0 Å². The first-order valence-corrected chi connectivity index (χ1v) is 6.26. The minimum Gasteiger partial charge on any atom is -0.469 e. The van der Waals surface area contributed by atoms with Gasteiger partial charge in [0.25, 0.3) is 0 Å². The summed E-state index contributed by atoms with van der Waals surface area (Å²) in [6, 6.07) is 7.35. The Morgan fingerprint density at radius 2 is 2.29 bits per heavy atom. The van der Waals surface area contributed by atoms with Crippen LogP contribution in [0.25, 0.3) is 0 Å². The normalized spacial score (nSPS) is 10.2. The molecule has 2 aromatic rings. The first-order valence-electron chi connectivity index (χ1n) is 5.18. The molecule has 0 atom stereocenters. The molecule has 2 heterocycles. The molecule has 0 aliphatic rings. The Balaban J connectivity index is 1.83. The number of nitrogens with zero attached hydrogens (tertiary/aromatic N) is 1. The van der Waals surface area contributed by atoms with Crippen LogP contribution < -0.4 is 5.32 Å². The molecule has 0 aliphatic carbocycles. The van der Waals surface area contributed by atoms with Crippen molar-refractivity contribution in [3.05, 3.63) is 46.1 Å². The van der Waals surface area contributed by atoms with Gasteiger partial charge in [0, 0.05) is 22.6 Å². The number of halogens is 1. The molecule has 0 aromatic carbocycles. The molecule has 4 nitrogen and oxygen atoms in total. The zero-order chi connectivity index (χ0) is 12.1. The van der Waals surface area contributed by atoms with Crippen LogP contribution in [0.2, 0.25) is 0 Å².